The molecule has 6 nitrogen and oxygen atoms in total. The summed E-state index contributed by atoms with van der Waals surface area (Å²) in [5, 5.41) is 5.55. The van der Waals surface area contributed by atoms with E-state index in [1.165, 1.54) is 0 Å². The number of benzene rings is 2. The summed E-state index contributed by atoms with van der Waals surface area (Å²) in [7, 11) is 0. The largest absolute Gasteiger partial charge is 0.486 e. The van der Waals surface area contributed by atoms with Gasteiger partial charge in [-0.15, -0.1) is 0 Å². The second-order valence-electron chi connectivity index (χ2n) is 6.27. The average Bonchev–Trinajstić information content (AvgIpc) is 3.13. The molecule has 1 heterocycles. The van der Waals surface area contributed by atoms with Gasteiger partial charge in [-0.2, -0.15) is 0 Å². The predicted molar refractivity (Wildman–Crippen MR) is 108 cm³/mol. The molecule has 0 spiro atoms. The van der Waals surface area contributed by atoms with Crippen LogP contribution in [0.25, 0.3) is 10.8 Å². The molecule has 3 aromatic rings. The molecule has 1 aromatic heterocycles. The molecular formula is C20H21N3O3S. The topological polar surface area (TPSA) is 75.5 Å². The number of furan rings is 1. The summed E-state index contributed by atoms with van der Waals surface area (Å²) >= 11 is 5.05. The Kier molecular flexibility index (Phi) is 5.93. The minimum atomic E-state index is -0.417. The molecule has 0 aliphatic rings. The van der Waals surface area contributed by atoms with Crippen molar-refractivity contribution in [1.29, 1.82) is 0 Å². The van der Waals surface area contributed by atoms with Crippen LogP contribution in [0.1, 0.15) is 30.2 Å². The number of fused-ring (bicyclic) bond motifs is 1. The van der Waals surface area contributed by atoms with Crippen LogP contribution in [0.4, 0.5) is 0 Å². The minimum Gasteiger partial charge on any atom is -0.486 e. The van der Waals surface area contributed by atoms with Crippen LogP contribution in [0.15, 0.2) is 59.0 Å². The summed E-state index contributed by atoms with van der Waals surface area (Å²) in [6.45, 7) is 4.13. The van der Waals surface area contributed by atoms with E-state index in [1.807, 2.05) is 56.3 Å². The summed E-state index contributed by atoms with van der Waals surface area (Å²) in [4.78, 5) is 12.1. The number of rotatable bonds is 5. The maximum Gasteiger partial charge on any atom is 0.305 e. The molecule has 0 unspecified atom stereocenters. The van der Waals surface area contributed by atoms with Gasteiger partial charge in [0.1, 0.15) is 18.1 Å². The van der Waals surface area contributed by atoms with E-state index >= 15 is 0 Å². The summed E-state index contributed by atoms with van der Waals surface area (Å²) in [6.07, 6.45) is 0. The molecule has 0 saturated heterocycles. The number of hydrogen-bond donors (Lipinski definition) is 3. The van der Waals surface area contributed by atoms with Gasteiger partial charge in [0.2, 0.25) is 0 Å². The normalized spacial score (nSPS) is 10.6. The van der Waals surface area contributed by atoms with Gasteiger partial charge >= 0.3 is 5.91 Å². The number of ether oxygens (including phenoxy) is 1. The third-order valence-corrected chi connectivity index (χ3v) is 3.92. The van der Waals surface area contributed by atoms with Crippen molar-refractivity contribution in [3.63, 3.8) is 0 Å². The summed E-state index contributed by atoms with van der Waals surface area (Å²) in [5.74, 6) is 1.05. The second-order valence-corrected chi connectivity index (χ2v) is 6.68. The average molecular weight is 383 g/mol. The highest BCUT2D eigenvalue weighted by Crippen LogP contribution is 2.21. The quantitative estimate of drug-likeness (QED) is 0.462. The second kappa shape index (κ2) is 8.55. The van der Waals surface area contributed by atoms with Crippen LogP contribution in [0, 0.1) is 0 Å². The molecule has 3 rings (SSSR count). The van der Waals surface area contributed by atoms with Crippen LogP contribution >= 0.6 is 12.2 Å². The first-order valence-electron chi connectivity index (χ1n) is 8.58. The van der Waals surface area contributed by atoms with Crippen molar-refractivity contribution >= 4 is 34.0 Å². The number of thiocarbonyl (C=S) groups is 1. The highest BCUT2D eigenvalue weighted by atomic mass is 32.1. The maximum atomic E-state index is 12.1. The number of carbonyl (C=O) groups is 1. The molecular weight excluding hydrogens is 362 g/mol. The lowest BCUT2D eigenvalue weighted by molar-refractivity contribution is 0.0911. The number of amides is 1. The Morgan fingerprint density at radius 3 is 2.63 bits per heavy atom. The Hall–Kier alpha value is -3.06. The Balaban J connectivity index is 1.54. The zero-order valence-electron chi connectivity index (χ0n) is 15.1. The van der Waals surface area contributed by atoms with E-state index in [-0.39, 0.29) is 18.4 Å². The Bertz CT molecular complexity index is 952. The summed E-state index contributed by atoms with van der Waals surface area (Å²) in [5.41, 5.74) is 5.11. The third kappa shape index (κ3) is 5.21. The zero-order chi connectivity index (χ0) is 19.2. The van der Waals surface area contributed by atoms with Crippen LogP contribution in [0.3, 0.4) is 0 Å². The fourth-order valence-corrected chi connectivity index (χ4v) is 2.75. The van der Waals surface area contributed by atoms with Crippen LogP contribution in [-0.4, -0.2) is 17.1 Å². The van der Waals surface area contributed by atoms with Crippen molar-refractivity contribution in [1.82, 2.24) is 16.2 Å². The number of hydrazine groups is 1. The van der Waals surface area contributed by atoms with Crippen molar-refractivity contribution in [2.45, 2.75) is 26.5 Å². The SMILES string of the molecule is CC(C)NC(=S)NNC(=O)c1ccc(COc2ccc3ccccc3c2)o1. The molecule has 0 atom stereocenters. The van der Waals surface area contributed by atoms with Crippen molar-refractivity contribution in [2.75, 3.05) is 0 Å². The van der Waals surface area contributed by atoms with Gasteiger partial charge in [-0.25, -0.2) is 0 Å². The number of carbonyl (C=O) groups excluding carboxylic acids is 1. The first-order valence-corrected chi connectivity index (χ1v) is 8.99. The van der Waals surface area contributed by atoms with E-state index in [1.54, 1.807) is 12.1 Å². The molecule has 0 radical (unpaired) electrons. The molecule has 0 saturated carbocycles. The van der Waals surface area contributed by atoms with E-state index in [2.05, 4.69) is 16.2 Å². The van der Waals surface area contributed by atoms with Gasteiger partial charge in [-0.3, -0.25) is 15.6 Å². The first kappa shape index (κ1) is 18.7. The van der Waals surface area contributed by atoms with Crippen molar-refractivity contribution in [3.05, 3.63) is 66.1 Å². The van der Waals surface area contributed by atoms with Crippen LogP contribution < -0.4 is 20.9 Å². The molecule has 7 heteroatoms. The van der Waals surface area contributed by atoms with Gasteiger partial charge in [-0.05, 0) is 61.1 Å². The molecule has 2 aromatic carbocycles. The third-order valence-electron chi connectivity index (χ3n) is 3.70. The van der Waals surface area contributed by atoms with E-state index in [4.69, 9.17) is 21.4 Å². The van der Waals surface area contributed by atoms with Crippen molar-refractivity contribution in [3.8, 4) is 5.75 Å². The Labute approximate surface area is 162 Å². The Morgan fingerprint density at radius 1 is 1.07 bits per heavy atom. The molecule has 0 aliphatic carbocycles. The fraction of sp³-hybridized carbons (Fsp3) is 0.200. The van der Waals surface area contributed by atoms with Crippen molar-refractivity contribution < 1.29 is 13.9 Å². The van der Waals surface area contributed by atoms with Gasteiger partial charge in [0.25, 0.3) is 0 Å². The van der Waals surface area contributed by atoms with E-state index < -0.39 is 5.91 Å². The zero-order valence-corrected chi connectivity index (χ0v) is 15.9. The lowest BCUT2D eigenvalue weighted by Gasteiger charge is -2.13. The number of hydrogen-bond acceptors (Lipinski definition) is 4. The van der Waals surface area contributed by atoms with Gasteiger partial charge in [0.05, 0.1) is 0 Å². The summed E-state index contributed by atoms with van der Waals surface area (Å²) < 4.78 is 11.3. The monoisotopic (exact) mass is 383 g/mol. The predicted octanol–water partition coefficient (Wildman–Crippen LogP) is 3.53. The lowest BCUT2D eigenvalue weighted by atomic mass is 10.1. The minimum absolute atomic E-state index is 0.171. The lowest BCUT2D eigenvalue weighted by Crippen LogP contribution is -2.48. The van der Waals surface area contributed by atoms with E-state index in [0.29, 0.717) is 10.9 Å². The van der Waals surface area contributed by atoms with E-state index in [0.717, 1.165) is 16.5 Å². The molecule has 0 aliphatic heterocycles. The highest BCUT2D eigenvalue weighted by molar-refractivity contribution is 7.80. The Morgan fingerprint density at radius 2 is 1.85 bits per heavy atom. The first-order chi connectivity index (χ1) is 13.0. The van der Waals surface area contributed by atoms with Crippen LogP contribution in [0.5, 0.6) is 5.75 Å². The molecule has 3 N–H and O–H groups in total. The van der Waals surface area contributed by atoms with Gasteiger partial charge in [0, 0.05) is 6.04 Å². The molecule has 27 heavy (non-hydrogen) atoms. The molecule has 1 amide bonds. The molecule has 0 fully saturated rings. The highest BCUT2D eigenvalue weighted by Gasteiger charge is 2.12. The van der Waals surface area contributed by atoms with E-state index in [9.17, 15) is 4.79 Å². The molecule has 140 valence electrons. The van der Waals surface area contributed by atoms with Gasteiger partial charge < -0.3 is 14.5 Å². The summed E-state index contributed by atoms with van der Waals surface area (Å²) in [6, 6.07) is 17.4. The smallest absolute Gasteiger partial charge is 0.305 e. The van der Waals surface area contributed by atoms with Crippen LogP contribution in [0.2, 0.25) is 0 Å². The fourth-order valence-electron chi connectivity index (χ4n) is 2.46. The van der Waals surface area contributed by atoms with Gasteiger partial charge in [-0.1, -0.05) is 30.3 Å². The standard InChI is InChI=1S/C20H21N3O3S/c1-13(2)21-20(27)23-22-19(24)18-10-9-17(26-18)12-25-16-8-7-14-5-3-4-6-15(14)11-16/h3-11,13H,12H2,1-2H3,(H,22,24)(H2,21,23,27). The van der Waals surface area contributed by atoms with Gasteiger partial charge in [0.15, 0.2) is 10.9 Å². The molecule has 0 bridgehead atoms. The number of nitrogens with one attached hydrogen (secondary N) is 3. The van der Waals surface area contributed by atoms with Crippen molar-refractivity contribution in [2.24, 2.45) is 0 Å². The van der Waals surface area contributed by atoms with Crippen LogP contribution in [-0.2, 0) is 6.61 Å². The maximum absolute atomic E-state index is 12.1.